The number of fused-ring (bicyclic) bond motifs is 1. The van der Waals surface area contributed by atoms with Crippen molar-refractivity contribution in [2.75, 3.05) is 0 Å². The van der Waals surface area contributed by atoms with Gasteiger partial charge in [0.25, 0.3) is 0 Å². The Labute approximate surface area is 161 Å². The molecule has 1 aliphatic carbocycles. The number of rotatable bonds is 4. The van der Waals surface area contributed by atoms with Crippen LogP contribution in [0.1, 0.15) is 58.1 Å². The Morgan fingerprint density at radius 3 is 2.54 bits per heavy atom. The topological polar surface area (TPSA) is 59.7 Å². The average Bonchev–Trinajstić information content (AvgIpc) is 2.99. The van der Waals surface area contributed by atoms with E-state index < -0.39 is 14.4 Å². The van der Waals surface area contributed by atoms with Crippen molar-refractivity contribution in [3.63, 3.8) is 0 Å². The summed E-state index contributed by atoms with van der Waals surface area (Å²) in [6.07, 6.45) is 6.96. The van der Waals surface area contributed by atoms with Gasteiger partial charge < -0.3 is 9.53 Å². The summed E-state index contributed by atoms with van der Waals surface area (Å²) in [6.45, 7) is 11.4. The highest BCUT2D eigenvalue weighted by molar-refractivity contribution is 6.74. The number of hydrogen-bond acceptors (Lipinski definition) is 4. The van der Waals surface area contributed by atoms with Crippen LogP contribution >= 0.6 is 11.6 Å². The minimum atomic E-state index is -1.74. The lowest BCUT2D eigenvalue weighted by Gasteiger charge is -2.41. The zero-order valence-electron chi connectivity index (χ0n) is 16.4. The number of aliphatic hydroxyl groups excluding tert-OH is 1. The normalized spacial score (nSPS) is 23.3. The maximum absolute atomic E-state index is 10.9. The van der Waals surface area contributed by atoms with E-state index in [9.17, 15) is 5.11 Å². The molecule has 2 heterocycles. The Balaban J connectivity index is 1.66. The Bertz CT molecular complexity index is 764. The number of nitrogens with zero attached hydrogens (tertiary/aromatic N) is 3. The molecule has 0 saturated heterocycles. The maximum atomic E-state index is 10.9. The predicted octanol–water partition coefficient (Wildman–Crippen LogP) is 5.00. The highest BCUT2D eigenvalue weighted by atomic mass is 35.5. The average molecular weight is 396 g/mol. The molecule has 1 saturated carbocycles. The lowest BCUT2D eigenvalue weighted by atomic mass is 9.82. The molecule has 0 aliphatic heterocycles. The second-order valence-electron chi connectivity index (χ2n) is 8.97. The van der Waals surface area contributed by atoms with Crippen molar-refractivity contribution in [1.82, 2.24) is 14.6 Å². The van der Waals surface area contributed by atoms with E-state index in [1.165, 1.54) is 6.33 Å². The molecule has 1 atom stereocenters. The van der Waals surface area contributed by atoms with Crippen LogP contribution < -0.4 is 0 Å². The molecule has 1 aliphatic rings. The molecule has 26 heavy (non-hydrogen) atoms. The molecule has 5 nitrogen and oxygen atoms in total. The highest BCUT2D eigenvalue weighted by Gasteiger charge is 2.40. The molecular weight excluding hydrogens is 366 g/mol. The van der Waals surface area contributed by atoms with Gasteiger partial charge in [0.15, 0.2) is 13.5 Å². The van der Waals surface area contributed by atoms with Crippen molar-refractivity contribution in [3.8, 4) is 0 Å². The monoisotopic (exact) mass is 395 g/mol. The summed E-state index contributed by atoms with van der Waals surface area (Å²) >= 11 is 6.23. The minimum absolute atomic E-state index is 0.219. The van der Waals surface area contributed by atoms with Gasteiger partial charge >= 0.3 is 0 Å². The van der Waals surface area contributed by atoms with Crippen molar-refractivity contribution in [3.05, 3.63) is 29.3 Å². The Kier molecular flexibility index (Phi) is 5.50. The van der Waals surface area contributed by atoms with Crippen molar-refractivity contribution in [2.24, 2.45) is 5.92 Å². The molecule has 0 spiro atoms. The highest BCUT2D eigenvalue weighted by Crippen LogP contribution is 2.42. The second kappa shape index (κ2) is 7.22. The fourth-order valence-electron chi connectivity index (χ4n) is 3.55. The first-order chi connectivity index (χ1) is 12.1. The number of hydrogen-bond donors (Lipinski definition) is 1. The molecule has 0 aromatic carbocycles. The van der Waals surface area contributed by atoms with Crippen LogP contribution in [0.5, 0.6) is 0 Å². The Morgan fingerprint density at radius 1 is 1.27 bits per heavy atom. The molecule has 1 unspecified atom stereocenters. The molecule has 1 fully saturated rings. The first-order valence-corrected chi connectivity index (χ1v) is 12.7. The van der Waals surface area contributed by atoms with Gasteiger partial charge in [-0.1, -0.05) is 32.4 Å². The van der Waals surface area contributed by atoms with Gasteiger partial charge in [0, 0.05) is 17.9 Å². The molecule has 0 bridgehead atoms. The van der Waals surface area contributed by atoms with Crippen molar-refractivity contribution in [1.29, 1.82) is 0 Å². The fourth-order valence-corrected chi connectivity index (χ4v) is 5.21. The summed E-state index contributed by atoms with van der Waals surface area (Å²) in [7, 11) is -1.74. The molecule has 2 aromatic heterocycles. The van der Waals surface area contributed by atoms with Crippen LogP contribution in [-0.2, 0) is 4.43 Å². The van der Waals surface area contributed by atoms with Crippen molar-refractivity contribution >= 4 is 25.4 Å². The molecule has 1 N–H and O–H groups in total. The van der Waals surface area contributed by atoms with Gasteiger partial charge in [-0.3, -0.25) is 0 Å². The van der Waals surface area contributed by atoms with E-state index in [0.717, 1.165) is 31.2 Å². The minimum Gasteiger partial charge on any atom is -0.414 e. The van der Waals surface area contributed by atoms with Crippen LogP contribution in [0, 0.1) is 5.92 Å². The predicted molar refractivity (Wildman–Crippen MR) is 107 cm³/mol. The first-order valence-electron chi connectivity index (χ1n) is 9.44. The molecule has 3 rings (SSSR count). The molecule has 7 heteroatoms. The van der Waals surface area contributed by atoms with Gasteiger partial charge in [-0.2, -0.15) is 5.10 Å². The smallest absolute Gasteiger partial charge is 0.192 e. The van der Waals surface area contributed by atoms with Gasteiger partial charge in [0.1, 0.15) is 11.8 Å². The van der Waals surface area contributed by atoms with Gasteiger partial charge in [-0.05, 0) is 55.8 Å². The van der Waals surface area contributed by atoms with Crippen LogP contribution in [0.15, 0.2) is 18.6 Å². The zero-order valence-corrected chi connectivity index (χ0v) is 18.1. The number of halogens is 1. The third-order valence-corrected chi connectivity index (χ3v) is 11.0. The van der Waals surface area contributed by atoms with Crippen LogP contribution in [0.25, 0.3) is 5.52 Å². The first kappa shape index (κ1) is 19.8. The summed E-state index contributed by atoms with van der Waals surface area (Å²) in [5.41, 5.74) is 1.53. The molecule has 2 aromatic rings. The van der Waals surface area contributed by atoms with E-state index in [2.05, 4.69) is 43.9 Å². The third-order valence-electron chi connectivity index (χ3n) is 6.19. The summed E-state index contributed by atoms with van der Waals surface area (Å²) in [5.74, 6) is 0.219. The Morgan fingerprint density at radius 2 is 1.92 bits per heavy atom. The van der Waals surface area contributed by atoms with Gasteiger partial charge in [-0.25, -0.2) is 9.50 Å². The SMILES string of the molecule is CC(C)(C)[Si](C)(C)O[C@H]1CC[C@@H](C(O)c2ccn3ncnc(Cl)c23)CC1. The molecular formula is C19H30ClN3O2Si. The molecule has 0 radical (unpaired) electrons. The second-order valence-corrected chi connectivity index (χ2v) is 14.1. The lowest BCUT2D eigenvalue weighted by molar-refractivity contribution is 0.0462. The maximum Gasteiger partial charge on any atom is 0.192 e. The Hall–Kier alpha value is -0.953. The lowest BCUT2D eigenvalue weighted by Crippen LogP contribution is -2.44. The van der Waals surface area contributed by atoms with Crippen LogP contribution in [0.2, 0.25) is 23.3 Å². The van der Waals surface area contributed by atoms with Crippen molar-refractivity contribution < 1.29 is 9.53 Å². The van der Waals surface area contributed by atoms with Crippen LogP contribution in [0.3, 0.4) is 0 Å². The third kappa shape index (κ3) is 3.83. The summed E-state index contributed by atoms with van der Waals surface area (Å²) in [6, 6.07) is 1.90. The van der Waals surface area contributed by atoms with Crippen molar-refractivity contribution in [2.45, 2.75) is 76.8 Å². The van der Waals surface area contributed by atoms with E-state index >= 15 is 0 Å². The van der Waals surface area contributed by atoms with E-state index in [-0.39, 0.29) is 11.0 Å². The van der Waals surface area contributed by atoms with Gasteiger partial charge in [0.2, 0.25) is 0 Å². The van der Waals surface area contributed by atoms with E-state index in [0.29, 0.717) is 16.8 Å². The molecule has 0 amide bonds. The van der Waals surface area contributed by atoms with Crippen LogP contribution in [0.4, 0.5) is 0 Å². The molecule has 144 valence electrons. The summed E-state index contributed by atoms with van der Waals surface area (Å²) < 4.78 is 8.24. The van der Waals surface area contributed by atoms with Gasteiger partial charge in [-0.15, -0.1) is 0 Å². The van der Waals surface area contributed by atoms with E-state index in [4.69, 9.17) is 16.0 Å². The quantitative estimate of drug-likeness (QED) is 0.740. The largest absolute Gasteiger partial charge is 0.414 e. The van der Waals surface area contributed by atoms with Crippen LogP contribution in [-0.4, -0.2) is 34.1 Å². The number of aromatic nitrogens is 3. The standard InChI is InChI=1S/C19H30ClN3O2Si/c1-19(2,3)26(4,5)25-14-8-6-13(7-9-14)17(24)15-10-11-23-16(15)18(20)21-12-22-23/h10-14,17,24H,6-9H2,1-5H3/t13-,14+,17?. The summed E-state index contributed by atoms with van der Waals surface area (Å²) in [4.78, 5) is 4.05. The zero-order chi connectivity index (χ0) is 19.1. The summed E-state index contributed by atoms with van der Waals surface area (Å²) in [5, 5.41) is 15.7. The van der Waals surface area contributed by atoms with E-state index in [1.54, 1.807) is 4.52 Å². The fraction of sp³-hybridized carbons (Fsp3) is 0.684. The van der Waals surface area contributed by atoms with E-state index in [1.807, 2.05) is 12.3 Å². The number of aliphatic hydroxyl groups is 1. The van der Waals surface area contributed by atoms with Gasteiger partial charge in [0.05, 0.1) is 6.10 Å².